The predicted octanol–water partition coefficient (Wildman–Crippen LogP) is 0.373. The first-order chi connectivity index (χ1) is 2.77. The van der Waals surface area contributed by atoms with Crippen LogP contribution in [0.1, 0.15) is 13.8 Å². The molecule has 0 bridgehead atoms. The lowest BCUT2D eigenvalue weighted by atomic mass is 10.4. The molecule has 2 heteroatoms. The number of nitrogens with two attached hydrogens (primary N) is 1. The van der Waals surface area contributed by atoms with Crippen molar-refractivity contribution < 1.29 is 0 Å². The van der Waals surface area contributed by atoms with E-state index in [9.17, 15) is 0 Å². The predicted molar refractivity (Wildman–Crippen MR) is 26.8 cm³/mol. The van der Waals surface area contributed by atoms with Gasteiger partial charge in [0.05, 0.1) is 0 Å². The molecule has 6 heavy (non-hydrogen) atoms. The smallest absolute Gasteiger partial charge is 0.0109 e. The summed E-state index contributed by atoms with van der Waals surface area (Å²) in [7, 11) is 0. The maximum absolute atomic E-state index is 4.90. The second-order valence-corrected chi connectivity index (χ2v) is 1.39. The third-order valence-corrected chi connectivity index (χ3v) is 0.372. The molecule has 0 unspecified atom stereocenters. The van der Waals surface area contributed by atoms with Gasteiger partial charge in [-0.1, -0.05) is 5.57 Å². The Morgan fingerprint density at radius 1 is 1.67 bits per heavy atom. The molecule has 36 valence electrons. The van der Waals surface area contributed by atoms with Gasteiger partial charge in [-0.2, -0.15) is 0 Å². The molecule has 0 saturated heterocycles. The molecule has 0 amide bonds. The van der Waals surface area contributed by atoms with Crippen LogP contribution in [0.3, 0.4) is 0 Å². The minimum absolute atomic E-state index is 1.18. The molecular formula is C4H10N2. The third kappa shape index (κ3) is 3.50. The van der Waals surface area contributed by atoms with Crippen LogP contribution in [0.4, 0.5) is 0 Å². The van der Waals surface area contributed by atoms with Crippen LogP contribution >= 0.6 is 0 Å². The highest BCUT2D eigenvalue weighted by Crippen LogP contribution is 1.80. The van der Waals surface area contributed by atoms with Gasteiger partial charge in [0.1, 0.15) is 0 Å². The summed E-state index contributed by atoms with van der Waals surface area (Å²) in [5.41, 5.74) is 3.58. The van der Waals surface area contributed by atoms with Crippen molar-refractivity contribution in [1.82, 2.24) is 5.43 Å². The van der Waals surface area contributed by atoms with E-state index >= 15 is 0 Å². The van der Waals surface area contributed by atoms with E-state index in [0.29, 0.717) is 0 Å². The highest BCUT2D eigenvalue weighted by atomic mass is 15.2. The minimum atomic E-state index is 1.18. The summed E-state index contributed by atoms with van der Waals surface area (Å²) < 4.78 is 0. The molecule has 3 N–H and O–H groups in total. The number of nitrogens with one attached hydrogen (secondary N) is 1. The molecule has 0 aromatic carbocycles. The van der Waals surface area contributed by atoms with E-state index in [1.165, 1.54) is 5.57 Å². The van der Waals surface area contributed by atoms with Gasteiger partial charge < -0.3 is 5.43 Å². The van der Waals surface area contributed by atoms with Crippen LogP contribution in [0.25, 0.3) is 0 Å². The molecule has 0 rings (SSSR count). The van der Waals surface area contributed by atoms with Crippen molar-refractivity contribution >= 4 is 0 Å². The second-order valence-electron chi connectivity index (χ2n) is 1.39. The van der Waals surface area contributed by atoms with Gasteiger partial charge >= 0.3 is 0 Å². The largest absolute Gasteiger partial charge is 0.331 e. The van der Waals surface area contributed by atoms with E-state index in [-0.39, 0.29) is 0 Å². The lowest BCUT2D eigenvalue weighted by molar-refractivity contribution is 0.951. The Morgan fingerprint density at radius 3 is 2.17 bits per heavy atom. The number of allylic oxidation sites excluding steroid dienone is 1. The molecule has 0 aromatic rings. The topological polar surface area (TPSA) is 38.0 Å². The van der Waals surface area contributed by atoms with Crippen LogP contribution in [0.5, 0.6) is 0 Å². The Kier molecular flexibility index (Phi) is 2.50. The Morgan fingerprint density at radius 2 is 2.17 bits per heavy atom. The fourth-order valence-electron chi connectivity index (χ4n) is 0.167. The van der Waals surface area contributed by atoms with Crippen molar-refractivity contribution in [2.45, 2.75) is 13.8 Å². The lowest BCUT2D eigenvalue weighted by Gasteiger charge is -1.85. The molecule has 0 aliphatic carbocycles. The summed E-state index contributed by atoms with van der Waals surface area (Å²) in [6, 6.07) is 0. The number of hydrogen-bond acceptors (Lipinski definition) is 2. The second kappa shape index (κ2) is 2.72. The summed E-state index contributed by atoms with van der Waals surface area (Å²) in [4.78, 5) is 0. The normalized spacial score (nSPS) is 7.17. The Bertz CT molecular complexity index is 52.6. The molecule has 0 aromatic heterocycles. The van der Waals surface area contributed by atoms with Gasteiger partial charge in [-0.3, -0.25) is 5.84 Å². The maximum Gasteiger partial charge on any atom is 0.0109 e. The van der Waals surface area contributed by atoms with Crippen LogP contribution in [-0.4, -0.2) is 0 Å². The monoisotopic (exact) mass is 86.1 g/mol. The number of hydrazine groups is 1. The van der Waals surface area contributed by atoms with Gasteiger partial charge in [-0.25, -0.2) is 0 Å². The van der Waals surface area contributed by atoms with Gasteiger partial charge in [-0.05, 0) is 13.8 Å². The molecule has 0 atom stereocenters. The van der Waals surface area contributed by atoms with E-state index in [1.807, 2.05) is 13.8 Å². The summed E-state index contributed by atoms with van der Waals surface area (Å²) in [6.07, 6.45) is 1.74. The van der Waals surface area contributed by atoms with Crippen molar-refractivity contribution in [3.8, 4) is 0 Å². The minimum Gasteiger partial charge on any atom is -0.331 e. The Balaban J connectivity index is 3.14. The molecule has 0 spiro atoms. The van der Waals surface area contributed by atoms with E-state index in [0.717, 1.165) is 0 Å². The first-order valence-corrected chi connectivity index (χ1v) is 1.87. The average Bonchev–Trinajstić information content (AvgIpc) is 1.35. The molecule has 0 aliphatic heterocycles. The molecule has 0 saturated carbocycles. The van der Waals surface area contributed by atoms with Crippen molar-refractivity contribution in [1.29, 1.82) is 0 Å². The van der Waals surface area contributed by atoms with Crippen molar-refractivity contribution in [2.24, 2.45) is 5.84 Å². The van der Waals surface area contributed by atoms with E-state index in [2.05, 4.69) is 5.43 Å². The summed E-state index contributed by atoms with van der Waals surface area (Å²) in [5.74, 6) is 4.90. The zero-order chi connectivity index (χ0) is 4.99. The zero-order valence-electron chi connectivity index (χ0n) is 4.15. The fourth-order valence-corrected chi connectivity index (χ4v) is 0.167. The molecule has 0 aliphatic rings. The molecule has 2 nitrogen and oxygen atoms in total. The van der Waals surface area contributed by atoms with Gasteiger partial charge in [0.15, 0.2) is 0 Å². The summed E-state index contributed by atoms with van der Waals surface area (Å²) in [5, 5.41) is 0. The summed E-state index contributed by atoms with van der Waals surface area (Å²) >= 11 is 0. The number of rotatable bonds is 1. The van der Waals surface area contributed by atoms with E-state index in [4.69, 9.17) is 5.84 Å². The van der Waals surface area contributed by atoms with Crippen LogP contribution in [0, 0.1) is 0 Å². The van der Waals surface area contributed by atoms with Crippen molar-refractivity contribution in [2.75, 3.05) is 0 Å². The maximum atomic E-state index is 4.90. The standard InChI is InChI=1S/C4H10N2/c1-4(2)3-6-5/h3,6H,5H2,1-2H3. The first-order valence-electron chi connectivity index (χ1n) is 1.87. The van der Waals surface area contributed by atoms with Crippen LogP contribution in [-0.2, 0) is 0 Å². The van der Waals surface area contributed by atoms with Gasteiger partial charge in [0.25, 0.3) is 0 Å². The van der Waals surface area contributed by atoms with Gasteiger partial charge in [0, 0.05) is 6.20 Å². The highest BCUT2D eigenvalue weighted by molar-refractivity contribution is 4.89. The van der Waals surface area contributed by atoms with E-state index in [1.54, 1.807) is 6.20 Å². The SMILES string of the molecule is CC(C)=CNN. The fraction of sp³-hybridized carbons (Fsp3) is 0.500. The lowest BCUT2D eigenvalue weighted by Crippen LogP contribution is -2.13. The van der Waals surface area contributed by atoms with Crippen LogP contribution in [0.15, 0.2) is 11.8 Å². The molecule has 0 heterocycles. The third-order valence-electron chi connectivity index (χ3n) is 0.372. The number of hydrogen-bond donors (Lipinski definition) is 2. The quantitative estimate of drug-likeness (QED) is 0.357. The van der Waals surface area contributed by atoms with Crippen LogP contribution < -0.4 is 11.3 Å². The summed E-state index contributed by atoms with van der Waals surface area (Å²) in [6.45, 7) is 3.94. The average molecular weight is 86.1 g/mol. The van der Waals surface area contributed by atoms with Crippen LogP contribution in [0.2, 0.25) is 0 Å². The van der Waals surface area contributed by atoms with Gasteiger partial charge in [-0.15, -0.1) is 0 Å². The Hall–Kier alpha value is -0.500. The molecule has 0 radical (unpaired) electrons. The van der Waals surface area contributed by atoms with Crippen molar-refractivity contribution in [3.63, 3.8) is 0 Å². The Labute approximate surface area is 38.0 Å². The van der Waals surface area contributed by atoms with E-state index < -0.39 is 0 Å². The molecular weight excluding hydrogens is 76.1 g/mol. The van der Waals surface area contributed by atoms with Gasteiger partial charge in [0.2, 0.25) is 0 Å². The zero-order valence-corrected chi connectivity index (χ0v) is 4.15. The molecule has 0 fully saturated rings. The highest BCUT2D eigenvalue weighted by Gasteiger charge is 1.65. The first kappa shape index (κ1) is 5.50. The van der Waals surface area contributed by atoms with Crippen molar-refractivity contribution in [3.05, 3.63) is 11.8 Å².